The SMILES string of the molecule is Cc1ccccc1N=C(NC#N)N1CCN(C(=O)NS(=O)(=O)c2ccc(Cl)cc2)C(c2ccccc2)C1. The van der Waals surface area contributed by atoms with Gasteiger partial charge in [-0.15, -0.1) is 0 Å². The Bertz CT molecular complexity index is 1440. The Morgan fingerprint density at radius 2 is 1.70 bits per heavy atom. The van der Waals surface area contributed by atoms with Crippen LogP contribution in [0.25, 0.3) is 0 Å². The molecule has 37 heavy (non-hydrogen) atoms. The Balaban J connectivity index is 1.62. The molecule has 1 aliphatic rings. The molecule has 4 rings (SSSR count). The number of sulfonamides is 1. The van der Waals surface area contributed by atoms with E-state index in [1.807, 2.05) is 72.6 Å². The molecular formula is C26H25ClN6O3S. The first-order valence-electron chi connectivity index (χ1n) is 11.5. The van der Waals surface area contributed by atoms with Crippen molar-refractivity contribution < 1.29 is 13.2 Å². The van der Waals surface area contributed by atoms with Crippen LogP contribution in [0.1, 0.15) is 17.2 Å². The zero-order chi connectivity index (χ0) is 26.4. The van der Waals surface area contributed by atoms with Gasteiger partial charge in [0, 0.05) is 24.7 Å². The molecule has 0 spiro atoms. The number of rotatable bonds is 4. The second kappa shape index (κ2) is 11.3. The summed E-state index contributed by atoms with van der Waals surface area (Å²) in [6.45, 7) is 2.75. The van der Waals surface area contributed by atoms with Crippen molar-refractivity contribution in [2.75, 3.05) is 19.6 Å². The standard InChI is InChI=1S/C26H25ClN6O3S/c1-19-7-5-6-10-23(19)30-25(29-18-28)32-15-16-33(24(17-32)20-8-3-2-4-9-20)26(34)31-37(35,36)22-13-11-21(27)12-14-22/h2-14,24H,15-17H2,1H3,(H,29,30)(H,31,34). The highest BCUT2D eigenvalue weighted by molar-refractivity contribution is 7.90. The minimum atomic E-state index is -4.11. The van der Waals surface area contributed by atoms with Gasteiger partial charge in [0.15, 0.2) is 6.19 Å². The van der Waals surface area contributed by atoms with Crippen LogP contribution in [0.2, 0.25) is 5.02 Å². The van der Waals surface area contributed by atoms with Crippen LogP contribution in [0, 0.1) is 18.4 Å². The van der Waals surface area contributed by atoms with Crippen LogP contribution in [-0.2, 0) is 10.0 Å². The summed E-state index contributed by atoms with van der Waals surface area (Å²) < 4.78 is 27.9. The Hall–Kier alpha value is -4.07. The third-order valence-electron chi connectivity index (χ3n) is 5.98. The number of hydrogen-bond donors (Lipinski definition) is 2. The number of amides is 2. The van der Waals surface area contributed by atoms with Crippen molar-refractivity contribution in [3.63, 3.8) is 0 Å². The summed E-state index contributed by atoms with van der Waals surface area (Å²) in [7, 11) is -4.11. The van der Waals surface area contributed by atoms with Gasteiger partial charge in [-0.25, -0.2) is 22.9 Å². The summed E-state index contributed by atoms with van der Waals surface area (Å²) in [6.07, 6.45) is 1.94. The predicted molar refractivity (Wildman–Crippen MR) is 142 cm³/mol. The molecule has 1 saturated heterocycles. The smallest absolute Gasteiger partial charge is 0.331 e. The predicted octanol–water partition coefficient (Wildman–Crippen LogP) is 4.16. The van der Waals surface area contributed by atoms with E-state index < -0.39 is 22.1 Å². The molecule has 2 N–H and O–H groups in total. The third kappa shape index (κ3) is 6.20. The Morgan fingerprint density at radius 3 is 2.38 bits per heavy atom. The molecule has 1 unspecified atom stereocenters. The number of nitrogens with zero attached hydrogens (tertiary/aromatic N) is 4. The van der Waals surface area contributed by atoms with Crippen LogP contribution in [-0.4, -0.2) is 49.8 Å². The van der Waals surface area contributed by atoms with Gasteiger partial charge in [0.25, 0.3) is 10.0 Å². The normalized spacial score (nSPS) is 16.1. The topological polar surface area (TPSA) is 118 Å². The van der Waals surface area contributed by atoms with E-state index in [1.165, 1.54) is 29.2 Å². The van der Waals surface area contributed by atoms with Crippen LogP contribution in [0.3, 0.4) is 0 Å². The third-order valence-corrected chi connectivity index (χ3v) is 7.57. The maximum atomic E-state index is 13.3. The van der Waals surface area contributed by atoms with Crippen molar-refractivity contribution in [2.24, 2.45) is 4.99 Å². The van der Waals surface area contributed by atoms with Crippen molar-refractivity contribution >= 4 is 39.3 Å². The zero-order valence-corrected chi connectivity index (χ0v) is 21.6. The highest BCUT2D eigenvalue weighted by Crippen LogP contribution is 2.27. The fourth-order valence-corrected chi connectivity index (χ4v) is 5.14. The van der Waals surface area contributed by atoms with Crippen LogP contribution in [0.15, 0.2) is 88.8 Å². The number of nitriles is 1. The van der Waals surface area contributed by atoms with Gasteiger partial charge in [-0.1, -0.05) is 60.1 Å². The van der Waals surface area contributed by atoms with Gasteiger partial charge < -0.3 is 9.80 Å². The molecule has 0 aliphatic carbocycles. The monoisotopic (exact) mass is 536 g/mol. The van der Waals surface area contributed by atoms with Gasteiger partial charge in [-0.3, -0.25) is 5.32 Å². The quantitative estimate of drug-likeness (QED) is 0.224. The van der Waals surface area contributed by atoms with Gasteiger partial charge in [0.2, 0.25) is 5.96 Å². The second-order valence-corrected chi connectivity index (χ2v) is 10.5. The molecule has 3 aromatic rings. The van der Waals surface area contributed by atoms with Crippen LogP contribution < -0.4 is 10.0 Å². The Morgan fingerprint density at radius 1 is 1.03 bits per heavy atom. The molecule has 11 heteroatoms. The Kier molecular flexibility index (Phi) is 7.96. The van der Waals surface area contributed by atoms with Crippen LogP contribution in [0.4, 0.5) is 10.5 Å². The fourth-order valence-electron chi connectivity index (χ4n) is 4.06. The van der Waals surface area contributed by atoms with Crippen molar-refractivity contribution in [3.05, 3.63) is 95.0 Å². The fraction of sp³-hybridized carbons (Fsp3) is 0.192. The number of carbonyl (C=O) groups is 1. The average molecular weight is 537 g/mol. The molecule has 0 aromatic heterocycles. The molecule has 0 radical (unpaired) electrons. The number of benzene rings is 3. The molecule has 3 aromatic carbocycles. The lowest BCUT2D eigenvalue weighted by Gasteiger charge is -2.42. The number of urea groups is 1. The van der Waals surface area contributed by atoms with Crippen LogP contribution in [0.5, 0.6) is 0 Å². The molecule has 1 fully saturated rings. The van der Waals surface area contributed by atoms with Crippen molar-refractivity contribution in [2.45, 2.75) is 17.9 Å². The van der Waals surface area contributed by atoms with Crippen molar-refractivity contribution in [3.8, 4) is 6.19 Å². The summed E-state index contributed by atoms with van der Waals surface area (Å²) in [5.74, 6) is 0.353. The van der Waals surface area contributed by atoms with Crippen molar-refractivity contribution in [1.82, 2.24) is 19.8 Å². The maximum Gasteiger partial charge on any atom is 0.331 e. The molecule has 190 valence electrons. The minimum absolute atomic E-state index is 0.0639. The first-order chi connectivity index (χ1) is 17.8. The molecule has 1 atom stereocenters. The molecule has 2 amide bonds. The van der Waals surface area contributed by atoms with Gasteiger partial charge in [-0.05, 0) is 48.4 Å². The van der Waals surface area contributed by atoms with E-state index in [1.54, 1.807) is 0 Å². The van der Waals surface area contributed by atoms with Gasteiger partial charge in [0.05, 0.1) is 16.6 Å². The number of nitrogens with one attached hydrogen (secondary N) is 2. The van der Waals surface area contributed by atoms with Crippen molar-refractivity contribution in [1.29, 1.82) is 5.26 Å². The molecule has 1 aliphatic heterocycles. The molecule has 0 saturated carbocycles. The number of piperazine rings is 1. The molecular weight excluding hydrogens is 512 g/mol. The number of para-hydroxylation sites is 1. The number of carbonyl (C=O) groups excluding carboxylic acids is 1. The van der Waals surface area contributed by atoms with E-state index in [4.69, 9.17) is 11.6 Å². The van der Waals surface area contributed by atoms with E-state index in [9.17, 15) is 18.5 Å². The Labute approximate surface area is 221 Å². The van der Waals surface area contributed by atoms with E-state index >= 15 is 0 Å². The zero-order valence-electron chi connectivity index (χ0n) is 20.0. The lowest BCUT2D eigenvalue weighted by molar-refractivity contribution is 0.130. The average Bonchev–Trinajstić information content (AvgIpc) is 2.90. The number of hydrogen-bond acceptors (Lipinski definition) is 5. The first kappa shape index (κ1) is 26.0. The maximum absolute atomic E-state index is 13.3. The minimum Gasteiger partial charge on any atom is -0.338 e. The lowest BCUT2D eigenvalue weighted by atomic mass is 10.0. The van der Waals surface area contributed by atoms with Gasteiger partial charge in [-0.2, -0.15) is 5.26 Å². The molecule has 9 nitrogen and oxygen atoms in total. The summed E-state index contributed by atoms with van der Waals surface area (Å²) in [5.41, 5.74) is 2.48. The summed E-state index contributed by atoms with van der Waals surface area (Å²) in [4.78, 5) is 21.2. The molecule has 1 heterocycles. The van der Waals surface area contributed by atoms with Gasteiger partial charge in [0.1, 0.15) is 0 Å². The van der Waals surface area contributed by atoms with E-state index in [2.05, 4.69) is 15.0 Å². The number of guanidine groups is 1. The number of aliphatic imine (C=N–C) groups is 1. The number of halogens is 1. The summed E-state index contributed by atoms with van der Waals surface area (Å²) >= 11 is 5.87. The first-order valence-corrected chi connectivity index (χ1v) is 13.3. The van der Waals surface area contributed by atoms with E-state index in [-0.39, 0.29) is 18.0 Å². The van der Waals surface area contributed by atoms with Crippen LogP contribution >= 0.6 is 11.6 Å². The molecule has 0 bridgehead atoms. The van der Waals surface area contributed by atoms with Gasteiger partial charge >= 0.3 is 6.03 Å². The lowest BCUT2D eigenvalue weighted by Crippen LogP contribution is -2.57. The summed E-state index contributed by atoms with van der Waals surface area (Å²) in [5, 5.41) is 12.4. The van der Waals surface area contributed by atoms with E-state index in [0.29, 0.717) is 23.2 Å². The highest BCUT2D eigenvalue weighted by atomic mass is 35.5. The highest BCUT2D eigenvalue weighted by Gasteiger charge is 2.35. The largest absolute Gasteiger partial charge is 0.338 e. The second-order valence-electron chi connectivity index (χ2n) is 8.39. The summed E-state index contributed by atoms with van der Waals surface area (Å²) in [6, 6.07) is 21.2. The number of aryl methyl sites for hydroxylation is 1. The van der Waals surface area contributed by atoms with E-state index in [0.717, 1.165) is 11.1 Å².